The highest BCUT2D eigenvalue weighted by Gasteiger charge is 2.45. The summed E-state index contributed by atoms with van der Waals surface area (Å²) in [5.41, 5.74) is 9.15. The molecule has 2 aromatic carbocycles. The summed E-state index contributed by atoms with van der Waals surface area (Å²) in [5, 5.41) is 16.1. The fourth-order valence-corrected chi connectivity index (χ4v) is 4.80. The maximum absolute atomic E-state index is 13.5. The summed E-state index contributed by atoms with van der Waals surface area (Å²) in [6.07, 6.45) is 0.870. The van der Waals surface area contributed by atoms with E-state index in [9.17, 15) is 14.7 Å². The first-order valence-electron chi connectivity index (χ1n) is 13.2. The monoisotopic (exact) mass is 525 g/mol. The molecule has 1 heterocycles. The van der Waals surface area contributed by atoms with Gasteiger partial charge >= 0.3 is 0 Å². The highest BCUT2D eigenvalue weighted by molar-refractivity contribution is 5.85. The van der Waals surface area contributed by atoms with Gasteiger partial charge in [-0.2, -0.15) is 0 Å². The van der Waals surface area contributed by atoms with E-state index in [1.807, 2.05) is 65.6 Å². The Labute approximate surface area is 226 Å². The first kappa shape index (κ1) is 29.7. The summed E-state index contributed by atoms with van der Waals surface area (Å²) in [5.74, 6) is -0.477. The maximum Gasteiger partial charge on any atom is 0.242 e. The van der Waals surface area contributed by atoms with Crippen LogP contribution in [0.5, 0.6) is 0 Å². The van der Waals surface area contributed by atoms with Crippen LogP contribution in [0, 0.1) is 5.41 Å². The van der Waals surface area contributed by atoms with Crippen molar-refractivity contribution in [3.63, 3.8) is 0 Å². The molecule has 3 atom stereocenters. The van der Waals surface area contributed by atoms with Crippen LogP contribution in [-0.2, 0) is 27.4 Å². The Bertz CT molecular complexity index is 1030. The van der Waals surface area contributed by atoms with Gasteiger partial charge in [0.1, 0.15) is 6.23 Å². The quantitative estimate of drug-likeness (QED) is 0.311. The van der Waals surface area contributed by atoms with Gasteiger partial charge in [-0.3, -0.25) is 19.9 Å². The molecule has 0 aliphatic carbocycles. The van der Waals surface area contributed by atoms with Gasteiger partial charge in [-0.25, -0.2) is 5.01 Å². The van der Waals surface area contributed by atoms with Crippen LogP contribution in [0.3, 0.4) is 0 Å². The van der Waals surface area contributed by atoms with E-state index in [1.54, 1.807) is 33.0 Å². The van der Waals surface area contributed by atoms with Gasteiger partial charge in [0.05, 0.1) is 30.2 Å². The number of nitrogens with one attached hydrogen (secondary N) is 2. The third kappa shape index (κ3) is 8.34. The Kier molecular flexibility index (Phi) is 10.4. The van der Waals surface area contributed by atoms with Crippen LogP contribution in [0.25, 0.3) is 0 Å². The normalized spacial score (nSPS) is 20.1. The van der Waals surface area contributed by atoms with Gasteiger partial charge in [0.25, 0.3) is 0 Å². The molecule has 0 radical (unpaired) electrons. The Hall–Kier alpha value is -2.82. The lowest BCUT2D eigenvalue weighted by atomic mass is 9.74. The van der Waals surface area contributed by atoms with E-state index in [0.717, 1.165) is 17.5 Å². The van der Waals surface area contributed by atoms with Crippen molar-refractivity contribution >= 4 is 11.8 Å². The summed E-state index contributed by atoms with van der Waals surface area (Å²) in [6, 6.07) is 18.9. The number of piperidine rings is 1. The van der Waals surface area contributed by atoms with Crippen LogP contribution in [0.15, 0.2) is 60.7 Å². The number of hydrazine groups is 1. The first-order chi connectivity index (χ1) is 18.0. The number of aliphatic hydroxyl groups is 1. The minimum Gasteiger partial charge on any atom is -0.376 e. The topological polar surface area (TPSA) is 120 Å². The SMILES string of the molecule is CN(C)NC(=O)C1(Cc2ccccc2)CCCN(C(O)C(COCc2ccccc2)NC(=O)C(C)(C)N)C1. The van der Waals surface area contributed by atoms with Gasteiger partial charge in [-0.05, 0) is 44.2 Å². The number of hydrogen-bond acceptors (Lipinski definition) is 7. The zero-order valence-electron chi connectivity index (χ0n) is 23.0. The third-order valence-corrected chi connectivity index (χ3v) is 6.84. The molecule has 0 saturated carbocycles. The lowest BCUT2D eigenvalue weighted by molar-refractivity contribution is -0.145. The molecule has 9 nitrogen and oxygen atoms in total. The van der Waals surface area contributed by atoms with Gasteiger partial charge < -0.3 is 20.9 Å². The number of rotatable bonds is 12. The van der Waals surface area contributed by atoms with Gasteiger partial charge in [0.15, 0.2) is 0 Å². The lowest BCUT2D eigenvalue weighted by Crippen LogP contribution is -2.63. The van der Waals surface area contributed by atoms with Crippen LogP contribution < -0.4 is 16.5 Å². The fraction of sp³-hybridized carbons (Fsp3) is 0.517. The van der Waals surface area contributed by atoms with Crippen molar-refractivity contribution < 1.29 is 19.4 Å². The molecule has 1 fully saturated rings. The van der Waals surface area contributed by atoms with Crippen molar-refractivity contribution in [1.29, 1.82) is 0 Å². The standard InChI is InChI=1S/C29H43N5O4/c1-28(2,30)26(36)31-24(20-38-19-23-14-9-6-10-15-23)25(35)34-17-11-16-29(21-34,27(37)32-33(3)4)18-22-12-7-5-8-13-22/h5-10,12-15,24-25,35H,11,16-21,30H2,1-4H3,(H,31,36)(H,32,37). The number of nitrogens with two attached hydrogens (primary N) is 1. The molecule has 2 amide bonds. The van der Waals surface area contributed by atoms with Crippen molar-refractivity contribution in [3.05, 3.63) is 71.8 Å². The molecule has 3 unspecified atom stereocenters. The van der Waals surface area contributed by atoms with Crippen LogP contribution in [0.1, 0.15) is 37.8 Å². The Morgan fingerprint density at radius 3 is 2.29 bits per heavy atom. The predicted octanol–water partition coefficient (Wildman–Crippen LogP) is 1.66. The molecular weight excluding hydrogens is 482 g/mol. The number of nitrogens with zero attached hydrogens (tertiary/aromatic N) is 2. The molecule has 1 aliphatic heterocycles. The van der Waals surface area contributed by atoms with Crippen molar-refractivity contribution in [2.45, 2.75) is 57.5 Å². The minimum absolute atomic E-state index is 0.0873. The average Bonchev–Trinajstić information content (AvgIpc) is 2.88. The van der Waals surface area contributed by atoms with E-state index >= 15 is 0 Å². The second-order valence-electron chi connectivity index (χ2n) is 11.1. The molecule has 3 rings (SSSR count). The maximum atomic E-state index is 13.5. The second kappa shape index (κ2) is 13.3. The van der Waals surface area contributed by atoms with Gasteiger partial charge in [-0.15, -0.1) is 0 Å². The molecule has 9 heteroatoms. The van der Waals surface area contributed by atoms with E-state index in [1.165, 1.54) is 0 Å². The van der Waals surface area contributed by atoms with Gasteiger partial charge in [-0.1, -0.05) is 60.7 Å². The summed E-state index contributed by atoms with van der Waals surface area (Å²) >= 11 is 0. The number of ether oxygens (including phenoxy) is 1. The van der Waals surface area contributed by atoms with E-state index in [-0.39, 0.29) is 18.4 Å². The molecule has 38 heavy (non-hydrogen) atoms. The zero-order valence-corrected chi connectivity index (χ0v) is 23.0. The van der Waals surface area contributed by atoms with Crippen molar-refractivity contribution in [2.75, 3.05) is 33.8 Å². The van der Waals surface area contributed by atoms with Crippen molar-refractivity contribution in [2.24, 2.45) is 11.1 Å². The molecule has 208 valence electrons. The van der Waals surface area contributed by atoms with Gasteiger partial charge in [0, 0.05) is 27.2 Å². The number of amides is 2. The third-order valence-electron chi connectivity index (χ3n) is 6.84. The summed E-state index contributed by atoms with van der Waals surface area (Å²) in [4.78, 5) is 28.2. The molecule has 5 N–H and O–H groups in total. The van der Waals surface area contributed by atoms with E-state index in [0.29, 0.717) is 32.5 Å². The van der Waals surface area contributed by atoms with E-state index in [2.05, 4.69) is 10.7 Å². The van der Waals surface area contributed by atoms with Crippen LogP contribution in [0.4, 0.5) is 0 Å². The highest BCUT2D eigenvalue weighted by Crippen LogP contribution is 2.35. The number of aliphatic hydroxyl groups excluding tert-OH is 1. The molecule has 0 bridgehead atoms. The summed E-state index contributed by atoms with van der Waals surface area (Å²) in [6.45, 7) is 4.59. The second-order valence-corrected chi connectivity index (χ2v) is 11.1. The average molecular weight is 526 g/mol. The molecule has 0 spiro atoms. The highest BCUT2D eigenvalue weighted by atomic mass is 16.5. The number of carbonyl (C=O) groups excluding carboxylic acids is 2. The van der Waals surface area contributed by atoms with Crippen molar-refractivity contribution in [3.8, 4) is 0 Å². The van der Waals surface area contributed by atoms with Gasteiger partial charge in [0.2, 0.25) is 11.8 Å². The number of benzene rings is 2. The molecule has 1 aliphatic rings. The Morgan fingerprint density at radius 1 is 1.11 bits per heavy atom. The largest absolute Gasteiger partial charge is 0.376 e. The van der Waals surface area contributed by atoms with Crippen LogP contribution in [-0.4, -0.2) is 78.4 Å². The van der Waals surface area contributed by atoms with Crippen molar-refractivity contribution in [1.82, 2.24) is 20.7 Å². The molecule has 1 saturated heterocycles. The summed E-state index contributed by atoms with van der Waals surface area (Å²) < 4.78 is 5.93. The number of likely N-dealkylation sites (tertiary alicyclic amines) is 1. The van der Waals surface area contributed by atoms with E-state index < -0.39 is 23.2 Å². The van der Waals surface area contributed by atoms with Crippen LogP contribution in [0.2, 0.25) is 0 Å². The zero-order chi connectivity index (χ0) is 27.8. The van der Waals surface area contributed by atoms with Crippen LogP contribution >= 0.6 is 0 Å². The Morgan fingerprint density at radius 2 is 1.71 bits per heavy atom. The minimum atomic E-state index is -1.12. The Balaban J connectivity index is 1.81. The first-order valence-corrected chi connectivity index (χ1v) is 13.2. The lowest BCUT2D eigenvalue weighted by Gasteiger charge is -2.45. The molecular formula is C29H43N5O4. The summed E-state index contributed by atoms with van der Waals surface area (Å²) in [7, 11) is 3.57. The predicted molar refractivity (Wildman–Crippen MR) is 148 cm³/mol. The molecule has 2 aromatic rings. The number of carbonyl (C=O) groups is 2. The number of hydrogen-bond donors (Lipinski definition) is 4. The smallest absolute Gasteiger partial charge is 0.242 e. The van der Waals surface area contributed by atoms with E-state index in [4.69, 9.17) is 10.5 Å². The fourth-order valence-electron chi connectivity index (χ4n) is 4.80. The molecule has 0 aromatic heterocycles.